The summed E-state index contributed by atoms with van der Waals surface area (Å²) in [5.74, 6) is -0.481. The first-order valence-corrected chi connectivity index (χ1v) is 10.6. The van der Waals surface area contributed by atoms with E-state index in [-0.39, 0.29) is 25.0 Å². The van der Waals surface area contributed by atoms with Crippen molar-refractivity contribution in [2.45, 2.75) is 37.8 Å². The molecule has 0 aliphatic carbocycles. The van der Waals surface area contributed by atoms with Gasteiger partial charge in [0.1, 0.15) is 11.9 Å². The van der Waals surface area contributed by atoms with Crippen molar-refractivity contribution in [1.82, 2.24) is 10.6 Å². The molecule has 2 N–H and O–H groups in total. The quantitative estimate of drug-likeness (QED) is 0.706. The molecular weight excluding hydrogens is 401 g/mol. The molecule has 31 heavy (non-hydrogen) atoms. The zero-order valence-corrected chi connectivity index (χ0v) is 17.3. The first-order chi connectivity index (χ1) is 15.0. The van der Waals surface area contributed by atoms with Crippen LogP contribution in [0.4, 0.5) is 20.6 Å². The van der Waals surface area contributed by atoms with Gasteiger partial charge >= 0.3 is 6.09 Å². The molecule has 3 aliphatic heterocycles. The number of hydrogen-bond acceptors (Lipinski definition) is 5. The predicted octanol–water partition coefficient (Wildman–Crippen LogP) is 2.42. The number of carbonyl (C=O) groups excluding carboxylic acids is 2. The number of hydrogen-bond donors (Lipinski definition) is 2. The van der Waals surface area contributed by atoms with Gasteiger partial charge in [-0.2, -0.15) is 0 Å². The van der Waals surface area contributed by atoms with Gasteiger partial charge in [0.2, 0.25) is 5.91 Å². The van der Waals surface area contributed by atoms with E-state index in [0.29, 0.717) is 24.5 Å². The third kappa shape index (κ3) is 4.80. The Balaban J connectivity index is 1.34. The monoisotopic (exact) mass is 427 g/mol. The van der Waals surface area contributed by atoms with E-state index < -0.39 is 18.0 Å². The molecule has 1 aromatic rings. The minimum atomic E-state index is -0.544. The normalized spacial score (nSPS) is 23.5. The second kappa shape index (κ2) is 9.35. The lowest BCUT2D eigenvalue weighted by Gasteiger charge is -2.31. The molecule has 1 aromatic carbocycles. The van der Waals surface area contributed by atoms with E-state index in [1.807, 2.05) is 4.90 Å². The molecule has 4 rings (SSSR count). The highest BCUT2D eigenvalue weighted by atomic mass is 19.1. The van der Waals surface area contributed by atoms with Gasteiger partial charge < -0.3 is 20.3 Å². The Morgan fingerprint density at radius 1 is 1.39 bits per heavy atom. The molecule has 2 atom stereocenters. The van der Waals surface area contributed by atoms with Crippen LogP contribution >= 0.6 is 0 Å². The van der Waals surface area contributed by atoms with E-state index >= 15 is 0 Å². The van der Waals surface area contributed by atoms with Gasteiger partial charge in [-0.1, -0.05) is 5.57 Å². The molecule has 8 nitrogen and oxygen atoms in total. The number of amides is 2. The number of nitrogens with zero attached hydrogens (tertiary/aromatic N) is 3. The van der Waals surface area contributed by atoms with E-state index in [1.165, 1.54) is 11.0 Å². The standard InChI is InChI=1S/C22H26FN5O3/c1-24-12-15-6-9-27(10-7-15)20-5-4-16(11-18(20)23)28-14-17(31-22(28)30)13-26-21(29)19-3-2-8-25-19/h4-5,11-12,17,19,25H,2-3,6-10,13-14H2,(H,26,29)/t17-,19?/m0/s1. The van der Waals surface area contributed by atoms with Crippen LogP contribution in [0.5, 0.6) is 0 Å². The molecule has 3 heterocycles. The van der Waals surface area contributed by atoms with Crippen LogP contribution in [0.1, 0.15) is 25.7 Å². The average Bonchev–Trinajstić information content (AvgIpc) is 3.43. The third-order valence-electron chi connectivity index (χ3n) is 5.99. The van der Waals surface area contributed by atoms with Gasteiger partial charge in [0.05, 0.1) is 37.1 Å². The number of rotatable bonds is 5. The van der Waals surface area contributed by atoms with Crippen LogP contribution in [-0.2, 0) is 9.53 Å². The maximum absolute atomic E-state index is 14.8. The summed E-state index contributed by atoms with van der Waals surface area (Å²) in [7, 11) is 0. The highest BCUT2D eigenvalue weighted by Crippen LogP contribution is 2.30. The van der Waals surface area contributed by atoms with Crippen molar-refractivity contribution in [3.8, 4) is 0 Å². The van der Waals surface area contributed by atoms with E-state index in [2.05, 4.69) is 15.5 Å². The van der Waals surface area contributed by atoms with Gasteiger partial charge in [0.25, 0.3) is 0 Å². The Hall–Kier alpha value is -3.12. The lowest BCUT2D eigenvalue weighted by molar-refractivity contribution is -0.123. The predicted molar refractivity (Wildman–Crippen MR) is 114 cm³/mol. The molecule has 3 fully saturated rings. The van der Waals surface area contributed by atoms with Crippen molar-refractivity contribution in [2.75, 3.05) is 42.5 Å². The van der Waals surface area contributed by atoms with Gasteiger partial charge in [0.15, 0.2) is 6.20 Å². The van der Waals surface area contributed by atoms with Crippen LogP contribution in [-0.4, -0.2) is 56.9 Å². The molecule has 0 aromatic heterocycles. The highest BCUT2D eigenvalue weighted by molar-refractivity contribution is 5.90. The number of carbonyl (C=O) groups is 2. The summed E-state index contributed by atoms with van der Waals surface area (Å²) >= 11 is 0. The van der Waals surface area contributed by atoms with Gasteiger partial charge in [-0.3, -0.25) is 9.69 Å². The van der Waals surface area contributed by atoms with Gasteiger partial charge in [-0.15, -0.1) is 0 Å². The van der Waals surface area contributed by atoms with Crippen molar-refractivity contribution >= 4 is 23.4 Å². The van der Waals surface area contributed by atoms with Crippen LogP contribution in [0.15, 0.2) is 30.0 Å². The molecule has 0 radical (unpaired) electrons. The van der Waals surface area contributed by atoms with Crippen LogP contribution in [0.3, 0.4) is 0 Å². The van der Waals surface area contributed by atoms with Crippen molar-refractivity contribution in [2.24, 2.45) is 0 Å². The smallest absolute Gasteiger partial charge is 0.414 e. The Morgan fingerprint density at radius 2 is 2.19 bits per heavy atom. The largest absolute Gasteiger partial charge is 0.442 e. The average molecular weight is 427 g/mol. The lowest BCUT2D eigenvalue weighted by Crippen LogP contribution is -2.44. The van der Waals surface area contributed by atoms with E-state index in [9.17, 15) is 14.0 Å². The Labute approximate surface area is 180 Å². The maximum atomic E-state index is 14.8. The summed E-state index contributed by atoms with van der Waals surface area (Å²) in [6, 6.07) is 4.57. The van der Waals surface area contributed by atoms with Gasteiger partial charge in [-0.25, -0.2) is 14.0 Å². The number of benzene rings is 1. The molecule has 3 aliphatic rings. The molecule has 164 valence electrons. The minimum absolute atomic E-state index is 0.0849. The van der Waals surface area contributed by atoms with Crippen LogP contribution in [0, 0.1) is 12.4 Å². The summed E-state index contributed by atoms with van der Waals surface area (Å²) in [5, 5.41) is 5.96. The lowest BCUT2D eigenvalue weighted by atomic mass is 10.0. The molecule has 9 heteroatoms. The highest BCUT2D eigenvalue weighted by Gasteiger charge is 2.34. The van der Waals surface area contributed by atoms with Crippen molar-refractivity contribution < 1.29 is 18.7 Å². The van der Waals surface area contributed by atoms with Crippen LogP contribution < -0.4 is 20.4 Å². The summed E-state index contributed by atoms with van der Waals surface area (Å²) in [6.45, 7) is 9.55. The van der Waals surface area contributed by atoms with E-state index in [1.54, 1.807) is 18.3 Å². The number of cyclic esters (lactones) is 1. The van der Waals surface area contributed by atoms with E-state index in [4.69, 9.17) is 11.3 Å². The summed E-state index contributed by atoms with van der Waals surface area (Å²) in [5.41, 5.74) is 2.01. The molecule has 0 spiro atoms. The number of anilines is 2. The zero-order valence-electron chi connectivity index (χ0n) is 17.3. The molecular formula is C22H26FN5O3. The second-order valence-electron chi connectivity index (χ2n) is 8.05. The molecule has 2 amide bonds. The first kappa shape index (κ1) is 21.1. The fourth-order valence-corrected chi connectivity index (χ4v) is 4.26. The Bertz CT molecular complexity index is 912. The van der Waals surface area contributed by atoms with Gasteiger partial charge in [-0.05, 0) is 50.4 Å². The summed E-state index contributed by atoms with van der Waals surface area (Å²) < 4.78 is 20.2. The zero-order chi connectivity index (χ0) is 21.8. The first-order valence-electron chi connectivity index (χ1n) is 10.6. The number of nitrogens with one attached hydrogen (secondary N) is 2. The Kier molecular flexibility index (Phi) is 6.37. The molecule has 3 saturated heterocycles. The second-order valence-corrected chi connectivity index (χ2v) is 8.05. The fourth-order valence-electron chi connectivity index (χ4n) is 4.26. The van der Waals surface area contributed by atoms with Crippen molar-refractivity contribution in [3.63, 3.8) is 0 Å². The SMILES string of the molecule is [C-]#[N+]C=C1CCN(c2ccc(N3C[C@H](CNC(=O)C4CCCN4)OC3=O)cc2F)CC1. The minimum Gasteiger partial charge on any atom is -0.442 e. The summed E-state index contributed by atoms with van der Waals surface area (Å²) in [6.07, 6.45) is 3.80. The van der Waals surface area contributed by atoms with E-state index in [0.717, 1.165) is 37.8 Å². The van der Waals surface area contributed by atoms with Crippen LogP contribution in [0.25, 0.3) is 4.85 Å². The van der Waals surface area contributed by atoms with Gasteiger partial charge in [0, 0.05) is 13.1 Å². The van der Waals surface area contributed by atoms with Crippen molar-refractivity contribution in [3.05, 3.63) is 47.2 Å². The molecule has 1 unspecified atom stereocenters. The Morgan fingerprint density at radius 3 is 2.87 bits per heavy atom. The molecule has 0 bridgehead atoms. The number of piperidine rings is 1. The van der Waals surface area contributed by atoms with Crippen LogP contribution in [0.2, 0.25) is 0 Å². The topological polar surface area (TPSA) is 78.3 Å². The molecule has 0 saturated carbocycles. The number of halogens is 1. The maximum Gasteiger partial charge on any atom is 0.414 e. The third-order valence-corrected chi connectivity index (χ3v) is 5.99. The fraction of sp³-hybridized carbons (Fsp3) is 0.500. The van der Waals surface area contributed by atoms with Crippen molar-refractivity contribution in [1.29, 1.82) is 0 Å². The number of ether oxygens (including phenoxy) is 1. The summed E-state index contributed by atoms with van der Waals surface area (Å²) in [4.78, 5) is 31.1.